The van der Waals surface area contributed by atoms with Gasteiger partial charge in [-0.25, -0.2) is 0 Å². The van der Waals surface area contributed by atoms with Crippen LogP contribution < -0.4 is 4.74 Å². The van der Waals surface area contributed by atoms with Crippen LogP contribution in [0.3, 0.4) is 0 Å². The normalized spacial score (nSPS) is 8.70. The average Bonchev–Trinajstić information content (AvgIpc) is 2.49. The minimum atomic E-state index is 0.629. The van der Waals surface area contributed by atoms with Gasteiger partial charge in [-0.15, -0.1) is 0 Å². The van der Waals surface area contributed by atoms with Crippen molar-refractivity contribution in [1.29, 1.82) is 0 Å². The average molecular weight is 272 g/mol. The van der Waals surface area contributed by atoms with Gasteiger partial charge in [-0.05, 0) is 42.7 Å². The smallest absolute Gasteiger partial charge is 0.120 e. The Morgan fingerprint density at radius 1 is 0.750 bits per heavy atom. The molecule has 0 spiro atoms. The molecule has 0 atom stereocenters. The van der Waals surface area contributed by atoms with Crippen molar-refractivity contribution in [3.05, 3.63) is 65.2 Å². The third kappa shape index (κ3) is 6.98. The van der Waals surface area contributed by atoms with Gasteiger partial charge in [0.05, 0.1) is 0 Å². The SMILES string of the molecule is CC.CC.Cc1cc(C)cc(OCc2ccccc2)c1. The van der Waals surface area contributed by atoms with E-state index in [4.69, 9.17) is 4.74 Å². The summed E-state index contributed by atoms with van der Waals surface area (Å²) in [4.78, 5) is 0. The fraction of sp³-hybridized carbons (Fsp3) is 0.368. The maximum atomic E-state index is 5.75. The summed E-state index contributed by atoms with van der Waals surface area (Å²) in [5.74, 6) is 0.946. The molecule has 0 saturated heterocycles. The van der Waals surface area contributed by atoms with Crippen LogP contribution in [0.25, 0.3) is 0 Å². The van der Waals surface area contributed by atoms with Crippen molar-refractivity contribution in [3.63, 3.8) is 0 Å². The Morgan fingerprint density at radius 3 is 1.75 bits per heavy atom. The Hall–Kier alpha value is -1.76. The zero-order chi connectivity index (χ0) is 15.4. The number of aryl methyl sites for hydroxylation is 2. The van der Waals surface area contributed by atoms with E-state index in [-0.39, 0.29) is 0 Å². The Morgan fingerprint density at radius 2 is 1.25 bits per heavy atom. The van der Waals surface area contributed by atoms with Crippen LogP contribution in [0.15, 0.2) is 48.5 Å². The van der Waals surface area contributed by atoms with Gasteiger partial charge in [0.15, 0.2) is 0 Å². The second-order valence-corrected chi connectivity index (χ2v) is 4.10. The van der Waals surface area contributed by atoms with Crippen LogP contribution in [-0.2, 0) is 6.61 Å². The Bertz CT molecular complexity index is 440. The van der Waals surface area contributed by atoms with E-state index in [1.807, 2.05) is 45.9 Å². The highest BCUT2D eigenvalue weighted by Crippen LogP contribution is 2.17. The molecule has 0 heterocycles. The largest absolute Gasteiger partial charge is 0.489 e. The number of ether oxygens (including phenoxy) is 1. The lowest BCUT2D eigenvalue weighted by Crippen LogP contribution is -1.95. The molecule has 0 unspecified atom stereocenters. The number of benzene rings is 2. The number of hydrogen-bond acceptors (Lipinski definition) is 1. The minimum absolute atomic E-state index is 0.629. The molecule has 0 aliphatic carbocycles. The maximum absolute atomic E-state index is 5.75. The van der Waals surface area contributed by atoms with Gasteiger partial charge in [0, 0.05) is 0 Å². The summed E-state index contributed by atoms with van der Waals surface area (Å²) in [6, 6.07) is 16.5. The topological polar surface area (TPSA) is 9.23 Å². The van der Waals surface area contributed by atoms with Crippen molar-refractivity contribution in [2.75, 3.05) is 0 Å². The van der Waals surface area contributed by atoms with Gasteiger partial charge in [-0.1, -0.05) is 64.1 Å². The fourth-order valence-corrected chi connectivity index (χ4v) is 1.76. The highest BCUT2D eigenvalue weighted by atomic mass is 16.5. The van der Waals surface area contributed by atoms with Crippen molar-refractivity contribution < 1.29 is 4.74 Å². The number of hydrogen-bond donors (Lipinski definition) is 0. The molecule has 110 valence electrons. The summed E-state index contributed by atoms with van der Waals surface area (Å²) < 4.78 is 5.75. The van der Waals surface area contributed by atoms with Crippen molar-refractivity contribution >= 4 is 0 Å². The van der Waals surface area contributed by atoms with Gasteiger partial charge in [0.25, 0.3) is 0 Å². The first-order valence-electron chi connectivity index (χ1n) is 7.49. The van der Waals surface area contributed by atoms with Crippen LogP contribution >= 0.6 is 0 Å². The summed E-state index contributed by atoms with van der Waals surface area (Å²) in [6.45, 7) is 12.8. The zero-order valence-electron chi connectivity index (χ0n) is 13.7. The lowest BCUT2D eigenvalue weighted by molar-refractivity contribution is 0.306. The summed E-state index contributed by atoms with van der Waals surface area (Å²) >= 11 is 0. The zero-order valence-corrected chi connectivity index (χ0v) is 13.7. The second kappa shape index (κ2) is 11.1. The molecule has 2 aromatic rings. The molecule has 0 radical (unpaired) electrons. The van der Waals surface area contributed by atoms with E-state index in [0.29, 0.717) is 6.61 Å². The van der Waals surface area contributed by atoms with E-state index in [1.165, 1.54) is 16.7 Å². The van der Waals surface area contributed by atoms with Gasteiger partial charge < -0.3 is 4.74 Å². The first-order valence-corrected chi connectivity index (χ1v) is 7.49. The molecule has 0 saturated carbocycles. The van der Waals surface area contributed by atoms with Gasteiger partial charge in [-0.2, -0.15) is 0 Å². The van der Waals surface area contributed by atoms with Gasteiger partial charge in [0.1, 0.15) is 12.4 Å². The molecular weight excluding hydrogens is 244 g/mol. The third-order valence-electron chi connectivity index (χ3n) is 2.44. The summed E-state index contributed by atoms with van der Waals surface area (Å²) in [5.41, 5.74) is 3.67. The highest BCUT2D eigenvalue weighted by molar-refractivity contribution is 5.33. The summed E-state index contributed by atoms with van der Waals surface area (Å²) in [5, 5.41) is 0. The fourth-order valence-electron chi connectivity index (χ4n) is 1.76. The van der Waals surface area contributed by atoms with E-state index in [9.17, 15) is 0 Å². The van der Waals surface area contributed by atoms with Crippen LogP contribution in [0, 0.1) is 13.8 Å². The van der Waals surface area contributed by atoms with Crippen molar-refractivity contribution in [2.24, 2.45) is 0 Å². The Balaban J connectivity index is 0.000000829. The van der Waals surface area contributed by atoms with Crippen LogP contribution in [0.4, 0.5) is 0 Å². The molecular formula is C19H28O. The van der Waals surface area contributed by atoms with Crippen LogP contribution in [0.1, 0.15) is 44.4 Å². The van der Waals surface area contributed by atoms with E-state index in [1.54, 1.807) is 0 Å². The van der Waals surface area contributed by atoms with E-state index in [2.05, 4.69) is 44.2 Å². The monoisotopic (exact) mass is 272 g/mol. The lowest BCUT2D eigenvalue weighted by Gasteiger charge is -2.08. The molecule has 0 aromatic heterocycles. The quantitative estimate of drug-likeness (QED) is 0.672. The molecule has 1 heteroatoms. The molecule has 2 aromatic carbocycles. The first kappa shape index (κ1) is 18.2. The summed E-state index contributed by atoms with van der Waals surface area (Å²) in [6.07, 6.45) is 0. The molecule has 0 N–H and O–H groups in total. The van der Waals surface area contributed by atoms with Gasteiger partial charge in [-0.3, -0.25) is 0 Å². The summed E-state index contributed by atoms with van der Waals surface area (Å²) in [7, 11) is 0. The van der Waals surface area contributed by atoms with E-state index < -0.39 is 0 Å². The minimum Gasteiger partial charge on any atom is -0.489 e. The van der Waals surface area contributed by atoms with Crippen LogP contribution in [0.5, 0.6) is 5.75 Å². The van der Waals surface area contributed by atoms with Gasteiger partial charge in [0.2, 0.25) is 0 Å². The van der Waals surface area contributed by atoms with Crippen molar-refractivity contribution in [2.45, 2.75) is 48.1 Å². The molecule has 20 heavy (non-hydrogen) atoms. The van der Waals surface area contributed by atoms with E-state index >= 15 is 0 Å². The Kier molecular flexibility index (Phi) is 10.1. The Labute approximate surface area is 124 Å². The molecule has 0 fully saturated rings. The molecule has 0 aliphatic rings. The predicted octanol–water partition coefficient (Wildman–Crippen LogP) is 5.93. The van der Waals surface area contributed by atoms with Crippen molar-refractivity contribution in [1.82, 2.24) is 0 Å². The van der Waals surface area contributed by atoms with E-state index in [0.717, 1.165) is 5.75 Å². The first-order chi connectivity index (χ1) is 9.74. The van der Waals surface area contributed by atoms with Crippen molar-refractivity contribution in [3.8, 4) is 5.75 Å². The van der Waals surface area contributed by atoms with Crippen LogP contribution in [0.2, 0.25) is 0 Å². The number of rotatable bonds is 3. The third-order valence-corrected chi connectivity index (χ3v) is 2.44. The van der Waals surface area contributed by atoms with Crippen LogP contribution in [-0.4, -0.2) is 0 Å². The molecule has 2 rings (SSSR count). The lowest BCUT2D eigenvalue weighted by atomic mass is 10.1. The molecule has 0 bridgehead atoms. The van der Waals surface area contributed by atoms with Gasteiger partial charge >= 0.3 is 0 Å². The highest BCUT2D eigenvalue weighted by Gasteiger charge is 1.97. The second-order valence-electron chi connectivity index (χ2n) is 4.10. The maximum Gasteiger partial charge on any atom is 0.120 e. The standard InChI is InChI=1S/C15H16O.2C2H6/c1-12-8-13(2)10-15(9-12)16-11-14-6-4-3-5-7-14;2*1-2/h3-10H,11H2,1-2H3;2*1-2H3. The molecule has 1 nitrogen and oxygen atoms in total. The molecule has 0 amide bonds. The predicted molar refractivity (Wildman–Crippen MR) is 89.4 cm³/mol. The molecule has 0 aliphatic heterocycles.